The standard InChI is InChI=1S/C12H11F3O4S/c1-7-2-4-8(5-3-7)20(19)9(6-10(16)17)11(18)12(13,14)15/h2-5,9H,6H2,1H3,(H,16,17)/t9-,20-/m0/s1. The third-order valence-corrected chi connectivity index (χ3v) is 4.08. The van der Waals surface area contributed by atoms with Crippen LogP contribution >= 0.6 is 0 Å². The Hall–Kier alpha value is -1.70. The third kappa shape index (κ3) is 4.16. The topological polar surface area (TPSA) is 71.4 Å². The molecule has 1 rings (SSSR count). The average Bonchev–Trinajstić information content (AvgIpc) is 2.34. The Labute approximate surface area is 115 Å². The zero-order valence-electron chi connectivity index (χ0n) is 10.3. The van der Waals surface area contributed by atoms with E-state index in [1.807, 2.05) is 0 Å². The highest BCUT2D eigenvalue weighted by Crippen LogP contribution is 2.25. The van der Waals surface area contributed by atoms with E-state index in [1.165, 1.54) is 24.3 Å². The molecule has 8 heteroatoms. The number of rotatable bonds is 5. The van der Waals surface area contributed by atoms with Gasteiger partial charge in [-0.3, -0.25) is 13.8 Å². The van der Waals surface area contributed by atoms with Crippen LogP contribution in [0.4, 0.5) is 13.2 Å². The number of benzene rings is 1. The molecule has 1 aromatic carbocycles. The molecule has 1 N–H and O–H groups in total. The van der Waals surface area contributed by atoms with Gasteiger partial charge in [0.05, 0.1) is 17.2 Å². The molecule has 0 amide bonds. The molecular formula is C12H11F3O4S. The van der Waals surface area contributed by atoms with Crippen molar-refractivity contribution in [2.24, 2.45) is 0 Å². The van der Waals surface area contributed by atoms with Crippen molar-refractivity contribution in [1.82, 2.24) is 0 Å². The first-order chi connectivity index (χ1) is 9.12. The van der Waals surface area contributed by atoms with Crippen LogP contribution in [-0.2, 0) is 20.4 Å². The van der Waals surface area contributed by atoms with E-state index in [-0.39, 0.29) is 4.90 Å². The van der Waals surface area contributed by atoms with Crippen LogP contribution in [0.15, 0.2) is 29.2 Å². The summed E-state index contributed by atoms with van der Waals surface area (Å²) in [5.74, 6) is -3.91. The molecule has 0 fully saturated rings. The van der Waals surface area contributed by atoms with Gasteiger partial charge in [0.2, 0.25) is 0 Å². The van der Waals surface area contributed by atoms with Crippen molar-refractivity contribution in [1.29, 1.82) is 0 Å². The van der Waals surface area contributed by atoms with Crippen LogP contribution in [-0.4, -0.2) is 32.5 Å². The number of Topliss-reactive ketones (excluding diaryl/α,β-unsaturated/α-hetero) is 1. The Morgan fingerprint density at radius 1 is 1.25 bits per heavy atom. The molecule has 0 aliphatic heterocycles. The van der Waals surface area contributed by atoms with Crippen LogP contribution in [0.25, 0.3) is 0 Å². The summed E-state index contributed by atoms with van der Waals surface area (Å²) >= 11 is 0. The number of carboxylic acids is 1. The fourth-order valence-corrected chi connectivity index (χ4v) is 2.80. The number of carboxylic acid groups (broad SMARTS) is 1. The molecule has 1 aromatic rings. The van der Waals surface area contributed by atoms with Crippen molar-refractivity contribution in [2.45, 2.75) is 29.7 Å². The molecule has 0 heterocycles. The second kappa shape index (κ2) is 6.17. The largest absolute Gasteiger partial charge is 0.481 e. The molecule has 0 radical (unpaired) electrons. The van der Waals surface area contributed by atoms with Crippen molar-refractivity contribution in [2.75, 3.05) is 0 Å². The van der Waals surface area contributed by atoms with Crippen LogP contribution < -0.4 is 0 Å². The second-order valence-electron chi connectivity index (χ2n) is 4.06. The number of carbonyl (C=O) groups is 2. The maximum atomic E-state index is 12.4. The van der Waals surface area contributed by atoms with Gasteiger partial charge in [-0.1, -0.05) is 17.7 Å². The van der Waals surface area contributed by atoms with E-state index in [1.54, 1.807) is 6.92 Å². The predicted octanol–water partition coefficient (Wildman–Crippen LogP) is 2.08. The first-order valence-electron chi connectivity index (χ1n) is 5.43. The maximum Gasteiger partial charge on any atom is 0.451 e. The smallest absolute Gasteiger partial charge is 0.451 e. The summed E-state index contributed by atoms with van der Waals surface area (Å²) in [6.07, 6.45) is -6.36. The van der Waals surface area contributed by atoms with E-state index < -0.39 is 40.4 Å². The number of carbonyl (C=O) groups excluding carboxylic acids is 1. The van der Waals surface area contributed by atoms with Gasteiger partial charge in [-0.25, -0.2) is 0 Å². The molecule has 4 nitrogen and oxygen atoms in total. The van der Waals surface area contributed by atoms with E-state index in [4.69, 9.17) is 5.11 Å². The monoisotopic (exact) mass is 308 g/mol. The molecule has 20 heavy (non-hydrogen) atoms. The van der Waals surface area contributed by atoms with Crippen LogP contribution in [0.5, 0.6) is 0 Å². The SMILES string of the molecule is Cc1ccc([S@](=O)[C@@H](CC(=O)O)C(=O)C(F)(F)F)cc1. The van der Waals surface area contributed by atoms with Crippen molar-refractivity contribution >= 4 is 22.6 Å². The Balaban J connectivity index is 3.11. The highest BCUT2D eigenvalue weighted by atomic mass is 32.2. The molecule has 0 aromatic heterocycles. The fraction of sp³-hybridized carbons (Fsp3) is 0.333. The highest BCUT2D eigenvalue weighted by molar-refractivity contribution is 7.86. The molecule has 0 aliphatic rings. The lowest BCUT2D eigenvalue weighted by molar-refractivity contribution is -0.171. The normalized spacial score (nSPS) is 14.6. The third-order valence-electron chi connectivity index (χ3n) is 2.44. The number of aliphatic carboxylic acids is 1. The summed E-state index contributed by atoms with van der Waals surface area (Å²) in [6.45, 7) is 1.72. The summed E-state index contributed by atoms with van der Waals surface area (Å²) in [7, 11) is -2.38. The molecular weight excluding hydrogens is 297 g/mol. The van der Waals surface area contributed by atoms with Gasteiger partial charge in [0.15, 0.2) is 0 Å². The van der Waals surface area contributed by atoms with Gasteiger partial charge in [0, 0.05) is 4.90 Å². The van der Waals surface area contributed by atoms with Gasteiger partial charge in [0.1, 0.15) is 5.25 Å². The van der Waals surface area contributed by atoms with Gasteiger partial charge in [-0.15, -0.1) is 0 Å². The maximum absolute atomic E-state index is 12.4. The minimum absolute atomic E-state index is 0.0144. The number of ketones is 1. The van der Waals surface area contributed by atoms with Crippen LogP contribution in [0, 0.1) is 6.92 Å². The van der Waals surface area contributed by atoms with Crippen molar-refractivity contribution in [3.05, 3.63) is 29.8 Å². The van der Waals surface area contributed by atoms with Crippen molar-refractivity contribution in [3.8, 4) is 0 Å². The second-order valence-corrected chi connectivity index (χ2v) is 5.69. The molecule has 110 valence electrons. The first kappa shape index (κ1) is 16.4. The van der Waals surface area contributed by atoms with Crippen molar-refractivity contribution < 1.29 is 32.1 Å². The van der Waals surface area contributed by atoms with Crippen LogP contribution in [0.2, 0.25) is 0 Å². The van der Waals surface area contributed by atoms with Crippen LogP contribution in [0.3, 0.4) is 0 Å². The molecule has 0 aliphatic carbocycles. The molecule has 0 unspecified atom stereocenters. The zero-order valence-corrected chi connectivity index (χ0v) is 11.1. The number of aryl methyl sites for hydroxylation is 1. The summed E-state index contributed by atoms with van der Waals surface area (Å²) in [6, 6.07) is 5.65. The Bertz CT molecular complexity index is 537. The summed E-state index contributed by atoms with van der Waals surface area (Å²) in [5, 5.41) is 6.44. The number of hydrogen-bond donors (Lipinski definition) is 1. The van der Waals surface area contributed by atoms with E-state index in [9.17, 15) is 27.0 Å². The number of alkyl halides is 3. The van der Waals surface area contributed by atoms with E-state index in [0.717, 1.165) is 5.56 Å². The zero-order chi connectivity index (χ0) is 15.5. The predicted molar refractivity (Wildman–Crippen MR) is 64.7 cm³/mol. The molecule has 2 atom stereocenters. The summed E-state index contributed by atoms with van der Waals surface area (Å²) in [5.41, 5.74) is 0.794. The molecule has 0 saturated heterocycles. The highest BCUT2D eigenvalue weighted by Gasteiger charge is 2.46. The Morgan fingerprint density at radius 2 is 1.75 bits per heavy atom. The van der Waals surface area contributed by atoms with Gasteiger partial charge in [-0.2, -0.15) is 13.2 Å². The summed E-state index contributed by atoms with van der Waals surface area (Å²) in [4.78, 5) is 21.8. The number of hydrogen-bond acceptors (Lipinski definition) is 3. The van der Waals surface area contributed by atoms with Gasteiger partial charge >= 0.3 is 12.1 Å². The lowest BCUT2D eigenvalue weighted by Crippen LogP contribution is -2.38. The van der Waals surface area contributed by atoms with Crippen molar-refractivity contribution in [3.63, 3.8) is 0 Å². The van der Waals surface area contributed by atoms with Gasteiger partial charge in [-0.05, 0) is 19.1 Å². The Morgan fingerprint density at radius 3 is 2.15 bits per heavy atom. The molecule has 0 bridgehead atoms. The van der Waals surface area contributed by atoms with Crippen LogP contribution in [0.1, 0.15) is 12.0 Å². The minimum atomic E-state index is -5.22. The lowest BCUT2D eigenvalue weighted by Gasteiger charge is -2.15. The molecule has 0 spiro atoms. The lowest BCUT2D eigenvalue weighted by atomic mass is 10.2. The molecule has 0 saturated carbocycles. The van der Waals surface area contributed by atoms with E-state index in [0.29, 0.717) is 0 Å². The van der Waals surface area contributed by atoms with E-state index >= 15 is 0 Å². The first-order valence-corrected chi connectivity index (χ1v) is 6.64. The Kier molecular flexibility index (Phi) is 5.04. The quantitative estimate of drug-likeness (QED) is 0.904. The van der Waals surface area contributed by atoms with E-state index in [2.05, 4.69) is 0 Å². The minimum Gasteiger partial charge on any atom is -0.481 e. The summed E-state index contributed by atoms with van der Waals surface area (Å²) < 4.78 is 49.2. The average molecular weight is 308 g/mol. The fourth-order valence-electron chi connectivity index (χ4n) is 1.44. The number of halogens is 3. The van der Waals surface area contributed by atoms with Gasteiger partial charge < -0.3 is 5.11 Å². The van der Waals surface area contributed by atoms with Gasteiger partial charge in [0.25, 0.3) is 5.78 Å².